The first-order valence-electron chi connectivity index (χ1n) is 7.73. The maximum Gasteiger partial charge on any atom is 0.0447 e. The van der Waals surface area contributed by atoms with Crippen LogP contribution < -0.4 is 0 Å². The normalized spacial score (nSPS) is 16.1. The third-order valence-corrected chi connectivity index (χ3v) is 4.49. The molecule has 3 rings (SSSR count). The molecule has 0 unspecified atom stereocenters. The van der Waals surface area contributed by atoms with Gasteiger partial charge in [-0.25, -0.2) is 0 Å². The SMILES string of the molecule is CCCCC1(c2ccc(Cc3cc[c]cn3)cc2)CC1. The fourth-order valence-electron chi connectivity index (χ4n) is 2.99. The van der Waals surface area contributed by atoms with Crippen molar-refractivity contribution in [2.75, 3.05) is 0 Å². The van der Waals surface area contributed by atoms with Crippen LogP contribution in [0, 0.1) is 6.07 Å². The Hall–Kier alpha value is -1.63. The van der Waals surface area contributed by atoms with Crippen molar-refractivity contribution in [2.45, 2.75) is 50.9 Å². The van der Waals surface area contributed by atoms with Crippen LogP contribution in [0.1, 0.15) is 55.8 Å². The minimum absolute atomic E-state index is 0.522. The molecule has 1 aromatic carbocycles. The third kappa shape index (κ3) is 2.92. The minimum Gasteiger partial charge on any atom is -0.260 e. The fourth-order valence-corrected chi connectivity index (χ4v) is 2.99. The standard InChI is InChI=1S/C19H22N/c1-2-3-11-19(12-13-19)17-9-7-16(8-10-17)15-18-6-4-5-14-20-18/h4,6-10,14H,2-3,11-13,15H2,1H3. The number of benzene rings is 1. The Labute approximate surface area is 122 Å². The summed E-state index contributed by atoms with van der Waals surface area (Å²) in [6.45, 7) is 2.28. The third-order valence-electron chi connectivity index (χ3n) is 4.49. The highest BCUT2D eigenvalue weighted by Crippen LogP contribution is 2.51. The molecule has 1 fully saturated rings. The van der Waals surface area contributed by atoms with Crippen LogP contribution in [-0.2, 0) is 11.8 Å². The molecule has 1 nitrogen and oxygen atoms in total. The van der Waals surface area contributed by atoms with Gasteiger partial charge < -0.3 is 0 Å². The summed E-state index contributed by atoms with van der Waals surface area (Å²) in [5.74, 6) is 0. The van der Waals surface area contributed by atoms with E-state index in [-0.39, 0.29) is 0 Å². The van der Waals surface area contributed by atoms with Crippen LogP contribution in [0.5, 0.6) is 0 Å². The van der Waals surface area contributed by atoms with Gasteiger partial charge in [-0.3, -0.25) is 4.98 Å². The van der Waals surface area contributed by atoms with Crippen LogP contribution in [0.2, 0.25) is 0 Å². The molecule has 1 heteroatoms. The van der Waals surface area contributed by atoms with E-state index in [1.54, 1.807) is 11.8 Å². The molecule has 1 aliphatic rings. The second kappa shape index (κ2) is 5.78. The average Bonchev–Trinajstić information content (AvgIpc) is 3.28. The molecule has 0 spiro atoms. The van der Waals surface area contributed by atoms with Gasteiger partial charge in [0.05, 0.1) is 0 Å². The number of aromatic nitrogens is 1. The summed E-state index contributed by atoms with van der Waals surface area (Å²) in [6, 6.07) is 16.2. The van der Waals surface area contributed by atoms with E-state index in [1.807, 2.05) is 12.1 Å². The van der Waals surface area contributed by atoms with E-state index in [1.165, 1.54) is 37.7 Å². The van der Waals surface area contributed by atoms with Crippen molar-refractivity contribution in [3.05, 3.63) is 65.5 Å². The van der Waals surface area contributed by atoms with Crippen molar-refractivity contribution < 1.29 is 0 Å². The quantitative estimate of drug-likeness (QED) is 0.737. The number of pyridine rings is 1. The maximum absolute atomic E-state index is 4.34. The molecule has 1 saturated carbocycles. The zero-order valence-electron chi connectivity index (χ0n) is 12.2. The van der Waals surface area contributed by atoms with E-state index in [9.17, 15) is 0 Å². The first kappa shape index (κ1) is 13.4. The summed E-state index contributed by atoms with van der Waals surface area (Å²) >= 11 is 0. The van der Waals surface area contributed by atoms with E-state index in [0.717, 1.165) is 12.1 Å². The smallest absolute Gasteiger partial charge is 0.0447 e. The second-order valence-corrected chi connectivity index (χ2v) is 6.01. The highest BCUT2D eigenvalue weighted by atomic mass is 14.7. The molecule has 0 saturated heterocycles. The van der Waals surface area contributed by atoms with E-state index >= 15 is 0 Å². The molecule has 2 aromatic rings. The zero-order chi connectivity index (χ0) is 13.8. The monoisotopic (exact) mass is 264 g/mol. The summed E-state index contributed by atoms with van der Waals surface area (Å²) in [5.41, 5.74) is 4.53. The number of rotatable bonds is 6. The lowest BCUT2D eigenvalue weighted by Crippen LogP contribution is -2.06. The number of hydrogen-bond acceptors (Lipinski definition) is 1. The first-order chi connectivity index (χ1) is 9.82. The molecular formula is C19H22N. The lowest BCUT2D eigenvalue weighted by Gasteiger charge is -2.15. The van der Waals surface area contributed by atoms with Crippen molar-refractivity contribution in [3.8, 4) is 0 Å². The number of nitrogens with zero attached hydrogens (tertiary/aromatic N) is 1. The molecular weight excluding hydrogens is 242 g/mol. The number of unbranched alkanes of at least 4 members (excludes halogenated alkanes) is 1. The molecule has 0 amide bonds. The van der Waals surface area contributed by atoms with E-state index < -0.39 is 0 Å². The molecule has 20 heavy (non-hydrogen) atoms. The maximum atomic E-state index is 4.34. The van der Waals surface area contributed by atoms with Crippen molar-refractivity contribution in [1.82, 2.24) is 4.98 Å². The fraction of sp³-hybridized carbons (Fsp3) is 0.421. The van der Waals surface area contributed by atoms with Gasteiger partial charge in [-0.2, -0.15) is 0 Å². The van der Waals surface area contributed by atoms with Crippen LogP contribution in [0.4, 0.5) is 0 Å². The van der Waals surface area contributed by atoms with Crippen LogP contribution in [0.25, 0.3) is 0 Å². The Morgan fingerprint density at radius 2 is 1.95 bits per heavy atom. The van der Waals surface area contributed by atoms with Crippen molar-refractivity contribution in [1.29, 1.82) is 0 Å². The highest BCUT2D eigenvalue weighted by Gasteiger charge is 2.42. The van der Waals surface area contributed by atoms with Gasteiger partial charge in [0.1, 0.15) is 0 Å². The van der Waals surface area contributed by atoms with E-state index in [0.29, 0.717) is 5.41 Å². The second-order valence-electron chi connectivity index (χ2n) is 6.01. The van der Waals surface area contributed by atoms with Crippen LogP contribution in [-0.4, -0.2) is 4.98 Å². The van der Waals surface area contributed by atoms with Gasteiger partial charge in [-0.1, -0.05) is 50.1 Å². The van der Waals surface area contributed by atoms with Gasteiger partial charge in [0, 0.05) is 24.4 Å². The van der Waals surface area contributed by atoms with Crippen LogP contribution in [0.3, 0.4) is 0 Å². The summed E-state index contributed by atoms with van der Waals surface area (Å²) in [5, 5.41) is 0. The lowest BCUT2D eigenvalue weighted by atomic mass is 9.89. The minimum atomic E-state index is 0.522. The Morgan fingerprint density at radius 1 is 1.15 bits per heavy atom. The molecule has 103 valence electrons. The first-order valence-corrected chi connectivity index (χ1v) is 7.73. The van der Waals surface area contributed by atoms with E-state index in [2.05, 4.69) is 42.2 Å². The van der Waals surface area contributed by atoms with Gasteiger partial charge in [0.15, 0.2) is 0 Å². The summed E-state index contributed by atoms with van der Waals surface area (Å²) in [6.07, 6.45) is 9.43. The van der Waals surface area contributed by atoms with Crippen molar-refractivity contribution in [3.63, 3.8) is 0 Å². The predicted molar refractivity (Wildman–Crippen MR) is 82.8 cm³/mol. The zero-order valence-corrected chi connectivity index (χ0v) is 12.2. The Kier molecular flexibility index (Phi) is 3.86. The Bertz CT molecular complexity index is 538. The van der Waals surface area contributed by atoms with Gasteiger partial charge in [-0.15, -0.1) is 0 Å². The average molecular weight is 264 g/mol. The molecule has 1 heterocycles. The summed E-state index contributed by atoms with van der Waals surface area (Å²) in [7, 11) is 0. The molecule has 0 aliphatic heterocycles. The van der Waals surface area contributed by atoms with Gasteiger partial charge in [0.2, 0.25) is 0 Å². The lowest BCUT2D eigenvalue weighted by molar-refractivity contribution is 0.575. The molecule has 0 N–H and O–H groups in total. The largest absolute Gasteiger partial charge is 0.260 e. The van der Waals surface area contributed by atoms with Gasteiger partial charge in [0.25, 0.3) is 0 Å². The number of hydrogen-bond donors (Lipinski definition) is 0. The molecule has 1 aliphatic carbocycles. The summed E-state index contributed by atoms with van der Waals surface area (Å²) < 4.78 is 0. The Balaban J connectivity index is 1.69. The van der Waals surface area contributed by atoms with Crippen molar-refractivity contribution in [2.24, 2.45) is 0 Å². The molecule has 1 aromatic heterocycles. The highest BCUT2D eigenvalue weighted by molar-refractivity contribution is 5.34. The molecule has 1 radical (unpaired) electrons. The van der Waals surface area contributed by atoms with Gasteiger partial charge >= 0.3 is 0 Å². The predicted octanol–water partition coefficient (Wildman–Crippen LogP) is 4.69. The van der Waals surface area contributed by atoms with Gasteiger partial charge in [-0.05, 0) is 41.9 Å². The molecule has 0 bridgehead atoms. The van der Waals surface area contributed by atoms with Crippen molar-refractivity contribution >= 4 is 0 Å². The van der Waals surface area contributed by atoms with E-state index in [4.69, 9.17) is 0 Å². The van der Waals surface area contributed by atoms with Crippen LogP contribution >= 0.6 is 0 Å². The molecule has 0 atom stereocenters. The van der Waals surface area contributed by atoms with Crippen LogP contribution in [0.15, 0.2) is 42.6 Å². The Morgan fingerprint density at radius 3 is 2.55 bits per heavy atom. The summed E-state index contributed by atoms with van der Waals surface area (Å²) in [4.78, 5) is 4.34. The topological polar surface area (TPSA) is 12.9 Å².